The third-order valence-electron chi connectivity index (χ3n) is 2.41. The number of rotatable bonds is 7. The van der Waals surface area contributed by atoms with E-state index in [1.54, 1.807) is 0 Å². The van der Waals surface area contributed by atoms with E-state index in [0.717, 1.165) is 0 Å². The van der Waals surface area contributed by atoms with Crippen molar-refractivity contribution in [3.05, 3.63) is 34.4 Å². The number of hydrogen-bond acceptors (Lipinski definition) is 4. The summed E-state index contributed by atoms with van der Waals surface area (Å²) in [6.07, 6.45) is 1.21. The number of anilines is 1. The second kappa shape index (κ2) is 7.10. The normalized spacial score (nSPS) is 9.89. The van der Waals surface area contributed by atoms with Gasteiger partial charge >= 0.3 is 5.97 Å². The van der Waals surface area contributed by atoms with Crippen LogP contribution in [-0.2, 0) is 9.59 Å². The third kappa shape index (κ3) is 5.62. The monoisotopic (exact) mass is 266 g/mol. The van der Waals surface area contributed by atoms with Crippen LogP contribution in [0.5, 0.6) is 0 Å². The number of carboxylic acid groups (broad SMARTS) is 1. The van der Waals surface area contributed by atoms with Gasteiger partial charge in [0.25, 0.3) is 5.69 Å². The summed E-state index contributed by atoms with van der Waals surface area (Å²) in [7, 11) is 0. The van der Waals surface area contributed by atoms with Crippen molar-refractivity contribution in [3.63, 3.8) is 0 Å². The van der Waals surface area contributed by atoms with Crippen molar-refractivity contribution in [2.24, 2.45) is 0 Å². The lowest BCUT2D eigenvalue weighted by molar-refractivity contribution is -0.384. The summed E-state index contributed by atoms with van der Waals surface area (Å²) in [4.78, 5) is 31.7. The molecule has 1 rings (SSSR count). The van der Waals surface area contributed by atoms with Crippen LogP contribution in [0.3, 0.4) is 0 Å². The number of nitrogens with zero attached hydrogens (tertiary/aromatic N) is 1. The Morgan fingerprint density at radius 3 is 2.26 bits per heavy atom. The zero-order chi connectivity index (χ0) is 14.3. The van der Waals surface area contributed by atoms with E-state index in [2.05, 4.69) is 5.32 Å². The Morgan fingerprint density at radius 1 is 1.16 bits per heavy atom. The van der Waals surface area contributed by atoms with Crippen LogP contribution in [0, 0.1) is 10.1 Å². The van der Waals surface area contributed by atoms with Crippen LogP contribution in [0.25, 0.3) is 0 Å². The van der Waals surface area contributed by atoms with Crippen molar-refractivity contribution in [3.8, 4) is 0 Å². The molecule has 0 bridgehead atoms. The summed E-state index contributed by atoms with van der Waals surface area (Å²) in [6.45, 7) is 0. The quantitative estimate of drug-likeness (QED) is 0.446. The fourth-order valence-electron chi connectivity index (χ4n) is 1.45. The van der Waals surface area contributed by atoms with Crippen molar-refractivity contribution in [2.75, 3.05) is 5.32 Å². The minimum atomic E-state index is -0.879. The van der Waals surface area contributed by atoms with E-state index in [1.807, 2.05) is 0 Å². The van der Waals surface area contributed by atoms with E-state index in [0.29, 0.717) is 18.5 Å². The molecule has 0 aliphatic rings. The Kier molecular flexibility index (Phi) is 5.46. The Morgan fingerprint density at radius 2 is 1.74 bits per heavy atom. The number of carbonyl (C=O) groups excluding carboxylic acids is 1. The van der Waals surface area contributed by atoms with Gasteiger partial charge in [-0.3, -0.25) is 19.7 Å². The summed E-state index contributed by atoms with van der Waals surface area (Å²) < 4.78 is 0. The summed E-state index contributed by atoms with van der Waals surface area (Å²) in [5.74, 6) is -1.12. The first-order valence-corrected chi connectivity index (χ1v) is 5.75. The van der Waals surface area contributed by atoms with Crippen LogP contribution in [0.4, 0.5) is 11.4 Å². The van der Waals surface area contributed by atoms with Gasteiger partial charge in [0, 0.05) is 30.7 Å². The molecule has 0 unspecified atom stereocenters. The molecule has 0 radical (unpaired) electrons. The van der Waals surface area contributed by atoms with E-state index in [-0.39, 0.29) is 24.4 Å². The molecule has 0 fully saturated rings. The van der Waals surface area contributed by atoms with Crippen molar-refractivity contribution in [2.45, 2.75) is 25.7 Å². The number of nitro groups is 1. The topological polar surface area (TPSA) is 110 Å². The molecular formula is C12H14N2O5. The molecule has 1 aromatic rings. The van der Waals surface area contributed by atoms with Gasteiger partial charge in [-0.1, -0.05) is 0 Å². The Bertz CT molecular complexity index is 470. The van der Waals surface area contributed by atoms with Crippen LogP contribution in [0.2, 0.25) is 0 Å². The fourth-order valence-corrected chi connectivity index (χ4v) is 1.45. The van der Waals surface area contributed by atoms with Crippen molar-refractivity contribution in [1.82, 2.24) is 0 Å². The minimum Gasteiger partial charge on any atom is -0.481 e. The Balaban J connectivity index is 2.35. The lowest BCUT2D eigenvalue weighted by Gasteiger charge is -2.04. The summed E-state index contributed by atoms with van der Waals surface area (Å²) in [6, 6.07) is 5.51. The molecule has 0 aliphatic carbocycles. The number of carbonyl (C=O) groups is 2. The first-order chi connectivity index (χ1) is 8.99. The maximum atomic E-state index is 11.5. The highest BCUT2D eigenvalue weighted by atomic mass is 16.6. The smallest absolute Gasteiger partial charge is 0.303 e. The van der Waals surface area contributed by atoms with Crippen LogP contribution in [0.15, 0.2) is 24.3 Å². The van der Waals surface area contributed by atoms with Crippen molar-refractivity contribution < 1.29 is 19.6 Å². The number of benzene rings is 1. The minimum absolute atomic E-state index is 0.0422. The molecule has 7 heteroatoms. The number of unbranched alkanes of at least 4 members (excludes halogenated alkanes) is 1. The fraction of sp³-hybridized carbons (Fsp3) is 0.333. The molecule has 0 atom stereocenters. The molecule has 0 spiro atoms. The van der Waals surface area contributed by atoms with Crippen LogP contribution in [0.1, 0.15) is 25.7 Å². The predicted octanol–water partition coefficient (Wildman–Crippen LogP) is 2.18. The van der Waals surface area contributed by atoms with Gasteiger partial charge < -0.3 is 10.4 Å². The van der Waals surface area contributed by atoms with Gasteiger partial charge in [0.05, 0.1) is 4.92 Å². The molecule has 1 amide bonds. The van der Waals surface area contributed by atoms with Gasteiger partial charge in [-0.2, -0.15) is 0 Å². The van der Waals surface area contributed by atoms with E-state index in [9.17, 15) is 19.7 Å². The number of carboxylic acids is 1. The average molecular weight is 266 g/mol. The highest BCUT2D eigenvalue weighted by molar-refractivity contribution is 5.90. The number of nitro benzene ring substituents is 1. The number of non-ortho nitro benzene ring substituents is 1. The van der Waals surface area contributed by atoms with E-state index >= 15 is 0 Å². The van der Waals surface area contributed by atoms with Gasteiger partial charge in [-0.15, -0.1) is 0 Å². The lowest BCUT2D eigenvalue weighted by Crippen LogP contribution is -2.11. The maximum absolute atomic E-state index is 11.5. The zero-order valence-corrected chi connectivity index (χ0v) is 10.2. The van der Waals surface area contributed by atoms with Crippen molar-refractivity contribution >= 4 is 23.3 Å². The molecule has 19 heavy (non-hydrogen) atoms. The Hall–Kier alpha value is -2.44. The molecule has 7 nitrogen and oxygen atoms in total. The van der Waals surface area contributed by atoms with Crippen LogP contribution in [-0.4, -0.2) is 21.9 Å². The van der Waals surface area contributed by atoms with Gasteiger partial charge in [0.1, 0.15) is 0 Å². The first-order valence-electron chi connectivity index (χ1n) is 5.75. The molecule has 2 N–H and O–H groups in total. The standard InChI is InChI=1S/C12H14N2O5/c15-11(3-1-2-4-12(16)17)13-9-5-7-10(8-6-9)14(18)19/h5-8H,1-4H2,(H,13,15)(H,16,17). The molecule has 0 aliphatic heterocycles. The predicted molar refractivity (Wildman–Crippen MR) is 67.8 cm³/mol. The van der Waals surface area contributed by atoms with Gasteiger partial charge in [-0.05, 0) is 25.0 Å². The molecule has 0 saturated heterocycles. The molecule has 1 aromatic carbocycles. The average Bonchev–Trinajstić information content (AvgIpc) is 2.35. The molecule has 0 aromatic heterocycles. The SMILES string of the molecule is O=C(O)CCCCC(=O)Nc1ccc([N+](=O)[O-])cc1. The summed E-state index contributed by atoms with van der Waals surface area (Å²) in [5.41, 5.74) is 0.438. The van der Waals surface area contributed by atoms with Crippen LogP contribution >= 0.6 is 0 Å². The largest absolute Gasteiger partial charge is 0.481 e. The first kappa shape index (κ1) is 14.6. The molecular weight excluding hydrogens is 252 g/mol. The Labute approximate surface area is 109 Å². The van der Waals surface area contributed by atoms with Gasteiger partial charge in [0.2, 0.25) is 5.91 Å². The lowest BCUT2D eigenvalue weighted by atomic mass is 10.2. The van der Waals surface area contributed by atoms with E-state index in [4.69, 9.17) is 5.11 Å². The molecule has 102 valence electrons. The number of nitrogens with one attached hydrogen (secondary N) is 1. The second-order valence-electron chi connectivity index (χ2n) is 3.95. The highest BCUT2D eigenvalue weighted by Crippen LogP contribution is 2.15. The summed E-state index contributed by atoms with van der Waals surface area (Å²) >= 11 is 0. The van der Waals surface area contributed by atoms with Gasteiger partial charge in [0.15, 0.2) is 0 Å². The zero-order valence-electron chi connectivity index (χ0n) is 10.2. The number of hydrogen-bond donors (Lipinski definition) is 2. The van der Waals surface area contributed by atoms with Crippen molar-refractivity contribution in [1.29, 1.82) is 0 Å². The highest BCUT2D eigenvalue weighted by Gasteiger charge is 2.06. The number of aliphatic carboxylic acids is 1. The molecule has 0 saturated carbocycles. The van der Waals surface area contributed by atoms with Crippen LogP contribution < -0.4 is 5.32 Å². The molecule has 0 heterocycles. The van der Waals surface area contributed by atoms with E-state index in [1.165, 1.54) is 24.3 Å². The van der Waals surface area contributed by atoms with E-state index < -0.39 is 10.9 Å². The summed E-state index contributed by atoms with van der Waals surface area (Å²) in [5, 5.41) is 21.5. The maximum Gasteiger partial charge on any atom is 0.303 e. The second-order valence-corrected chi connectivity index (χ2v) is 3.95. The third-order valence-corrected chi connectivity index (χ3v) is 2.41. The number of amides is 1. The van der Waals surface area contributed by atoms with Gasteiger partial charge in [-0.25, -0.2) is 0 Å².